The van der Waals surface area contributed by atoms with Gasteiger partial charge >= 0.3 is 0 Å². The first-order chi connectivity index (χ1) is 9.15. The van der Waals surface area contributed by atoms with Gasteiger partial charge in [-0.15, -0.1) is 11.8 Å². The molecule has 0 aliphatic rings. The minimum atomic E-state index is 0.667. The minimum absolute atomic E-state index is 0.667. The summed E-state index contributed by atoms with van der Waals surface area (Å²) in [6.07, 6.45) is 0. The highest BCUT2D eigenvalue weighted by Crippen LogP contribution is 2.28. The number of hydrogen-bond acceptors (Lipinski definition) is 3. The van der Waals surface area contributed by atoms with Crippen LogP contribution < -0.4 is 10.5 Å². The van der Waals surface area contributed by atoms with Crippen molar-refractivity contribution >= 4 is 33.4 Å². The maximum Gasteiger partial charge on any atom is 0.119 e. The highest BCUT2D eigenvalue weighted by Gasteiger charge is 2.01. The maximum absolute atomic E-state index is 5.92. The first kappa shape index (κ1) is 14.3. The quantitative estimate of drug-likeness (QED) is 0.495. The van der Waals surface area contributed by atoms with Crippen LogP contribution in [0.3, 0.4) is 0 Å². The molecular weight excluding hydrogens is 322 g/mol. The predicted octanol–water partition coefficient (Wildman–Crippen LogP) is 4.51. The van der Waals surface area contributed by atoms with Crippen LogP contribution in [0.4, 0.5) is 5.69 Å². The number of halogens is 1. The second-order valence-electron chi connectivity index (χ2n) is 4.20. The molecule has 0 radical (unpaired) electrons. The molecule has 0 saturated heterocycles. The Morgan fingerprint density at radius 3 is 2.84 bits per heavy atom. The van der Waals surface area contributed by atoms with Crippen LogP contribution in [0.15, 0.2) is 51.8 Å². The fourth-order valence-corrected chi connectivity index (χ4v) is 2.99. The van der Waals surface area contributed by atoms with Crippen LogP contribution in [-0.2, 0) is 0 Å². The van der Waals surface area contributed by atoms with E-state index in [-0.39, 0.29) is 0 Å². The van der Waals surface area contributed by atoms with E-state index in [4.69, 9.17) is 10.5 Å². The van der Waals surface area contributed by atoms with Crippen molar-refractivity contribution in [3.63, 3.8) is 0 Å². The van der Waals surface area contributed by atoms with Crippen molar-refractivity contribution in [3.05, 3.63) is 52.5 Å². The van der Waals surface area contributed by atoms with Crippen LogP contribution in [0, 0.1) is 6.92 Å². The average molecular weight is 338 g/mol. The molecule has 0 heterocycles. The van der Waals surface area contributed by atoms with Crippen LogP contribution in [0.25, 0.3) is 0 Å². The minimum Gasteiger partial charge on any atom is -0.493 e. The summed E-state index contributed by atoms with van der Waals surface area (Å²) < 4.78 is 6.75. The molecule has 0 aliphatic carbocycles. The van der Waals surface area contributed by atoms with E-state index >= 15 is 0 Å². The second kappa shape index (κ2) is 6.87. The number of anilines is 1. The lowest BCUT2D eigenvalue weighted by atomic mass is 10.2. The van der Waals surface area contributed by atoms with Gasteiger partial charge in [0.05, 0.1) is 6.61 Å². The van der Waals surface area contributed by atoms with Gasteiger partial charge in [0.25, 0.3) is 0 Å². The van der Waals surface area contributed by atoms with Crippen molar-refractivity contribution in [1.29, 1.82) is 0 Å². The molecule has 0 atom stereocenters. The first-order valence-electron chi connectivity index (χ1n) is 6.02. The summed E-state index contributed by atoms with van der Waals surface area (Å²) in [5.41, 5.74) is 7.94. The first-order valence-corrected chi connectivity index (χ1v) is 7.80. The van der Waals surface area contributed by atoms with Crippen molar-refractivity contribution in [2.45, 2.75) is 11.8 Å². The number of ether oxygens (including phenoxy) is 1. The number of hydrogen-bond donors (Lipinski definition) is 1. The van der Waals surface area contributed by atoms with E-state index in [1.807, 2.05) is 36.4 Å². The maximum atomic E-state index is 5.92. The monoisotopic (exact) mass is 337 g/mol. The Balaban J connectivity index is 1.82. The Kier molecular flexibility index (Phi) is 5.16. The summed E-state index contributed by atoms with van der Waals surface area (Å²) in [5, 5.41) is 0. The summed E-state index contributed by atoms with van der Waals surface area (Å²) in [5.74, 6) is 1.79. The number of nitrogen functional groups attached to an aromatic ring is 1. The second-order valence-corrected chi connectivity index (χ2v) is 6.25. The zero-order valence-corrected chi connectivity index (χ0v) is 13.1. The number of benzene rings is 2. The Labute approximate surface area is 126 Å². The molecule has 2 N–H and O–H groups in total. The van der Waals surface area contributed by atoms with Gasteiger partial charge in [0, 0.05) is 20.8 Å². The van der Waals surface area contributed by atoms with Gasteiger partial charge in [0.2, 0.25) is 0 Å². The van der Waals surface area contributed by atoms with Gasteiger partial charge < -0.3 is 10.5 Å². The van der Waals surface area contributed by atoms with E-state index in [0.29, 0.717) is 6.61 Å². The Hall–Kier alpha value is -1.13. The highest BCUT2D eigenvalue weighted by molar-refractivity contribution is 9.10. The summed E-state index contributed by atoms with van der Waals surface area (Å²) in [7, 11) is 0. The third kappa shape index (κ3) is 4.48. The lowest BCUT2D eigenvalue weighted by Gasteiger charge is -2.08. The van der Waals surface area contributed by atoms with Gasteiger partial charge in [-0.1, -0.05) is 28.1 Å². The van der Waals surface area contributed by atoms with Crippen LogP contribution in [0.1, 0.15) is 5.56 Å². The van der Waals surface area contributed by atoms with Crippen molar-refractivity contribution < 1.29 is 4.74 Å². The SMILES string of the molecule is Cc1cccc(OCCSc2cc(Br)ccc2N)c1. The Morgan fingerprint density at radius 2 is 2.05 bits per heavy atom. The van der Waals surface area contributed by atoms with Gasteiger partial charge in [-0.2, -0.15) is 0 Å². The Morgan fingerprint density at radius 1 is 1.21 bits per heavy atom. The van der Waals surface area contributed by atoms with Crippen molar-refractivity contribution in [3.8, 4) is 5.75 Å². The summed E-state index contributed by atoms with van der Waals surface area (Å²) in [4.78, 5) is 1.09. The summed E-state index contributed by atoms with van der Waals surface area (Å²) >= 11 is 5.15. The molecule has 2 nitrogen and oxygen atoms in total. The molecule has 0 aromatic heterocycles. The van der Waals surface area contributed by atoms with Gasteiger partial charge in [-0.3, -0.25) is 0 Å². The molecule has 0 spiro atoms. The van der Waals surface area contributed by atoms with E-state index < -0.39 is 0 Å². The number of aryl methyl sites for hydroxylation is 1. The summed E-state index contributed by atoms with van der Waals surface area (Å²) in [6, 6.07) is 14.0. The van der Waals surface area contributed by atoms with E-state index in [1.54, 1.807) is 11.8 Å². The predicted molar refractivity (Wildman–Crippen MR) is 86.0 cm³/mol. The fraction of sp³-hybridized carbons (Fsp3) is 0.200. The largest absolute Gasteiger partial charge is 0.493 e. The van der Waals surface area contributed by atoms with E-state index in [2.05, 4.69) is 28.9 Å². The standard InChI is InChI=1S/C15H16BrNOS/c1-11-3-2-4-13(9-11)18-7-8-19-15-10-12(16)5-6-14(15)17/h2-6,9-10H,7-8,17H2,1H3. The zero-order valence-electron chi connectivity index (χ0n) is 10.7. The van der Waals surface area contributed by atoms with E-state index in [0.717, 1.165) is 26.6 Å². The molecular formula is C15H16BrNOS. The van der Waals surface area contributed by atoms with Crippen molar-refractivity contribution in [1.82, 2.24) is 0 Å². The number of nitrogens with two attached hydrogens (primary N) is 1. The van der Waals surface area contributed by atoms with E-state index in [9.17, 15) is 0 Å². The fourth-order valence-electron chi connectivity index (χ4n) is 1.65. The molecule has 0 aliphatic heterocycles. The topological polar surface area (TPSA) is 35.2 Å². The number of thioether (sulfide) groups is 1. The molecule has 0 amide bonds. The lowest BCUT2D eigenvalue weighted by Crippen LogP contribution is -2.00. The lowest BCUT2D eigenvalue weighted by molar-refractivity contribution is 0.344. The van der Waals surface area contributed by atoms with Gasteiger partial charge in [-0.25, -0.2) is 0 Å². The molecule has 0 bridgehead atoms. The van der Waals surface area contributed by atoms with Gasteiger partial charge in [0.1, 0.15) is 5.75 Å². The van der Waals surface area contributed by atoms with Gasteiger partial charge in [0.15, 0.2) is 0 Å². The van der Waals surface area contributed by atoms with Crippen LogP contribution >= 0.6 is 27.7 Å². The third-order valence-corrected chi connectivity index (χ3v) is 4.10. The smallest absolute Gasteiger partial charge is 0.119 e. The molecule has 0 fully saturated rings. The Bertz CT molecular complexity index is 560. The van der Waals surface area contributed by atoms with Crippen molar-refractivity contribution in [2.75, 3.05) is 18.1 Å². The van der Waals surface area contributed by atoms with Crippen LogP contribution in [-0.4, -0.2) is 12.4 Å². The molecule has 4 heteroatoms. The highest BCUT2D eigenvalue weighted by atomic mass is 79.9. The molecule has 2 aromatic carbocycles. The normalized spacial score (nSPS) is 10.4. The summed E-state index contributed by atoms with van der Waals surface area (Å²) in [6.45, 7) is 2.73. The average Bonchev–Trinajstić information content (AvgIpc) is 2.39. The van der Waals surface area contributed by atoms with Crippen LogP contribution in [0.5, 0.6) is 5.75 Å². The zero-order chi connectivity index (χ0) is 13.7. The van der Waals surface area contributed by atoms with E-state index in [1.165, 1.54) is 5.56 Å². The molecule has 0 saturated carbocycles. The van der Waals surface area contributed by atoms with Gasteiger partial charge in [-0.05, 0) is 42.8 Å². The number of rotatable bonds is 5. The van der Waals surface area contributed by atoms with Crippen molar-refractivity contribution in [2.24, 2.45) is 0 Å². The molecule has 2 rings (SSSR count). The van der Waals surface area contributed by atoms with Crippen LogP contribution in [0.2, 0.25) is 0 Å². The molecule has 100 valence electrons. The molecule has 2 aromatic rings. The third-order valence-electron chi connectivity index (χ3n) is 2.57. The molecule has 19 heavy (non-hydrogen) atoms. The molecule has 0 unspecified atom stereocenters.